The Kier molecular flexibility index (Phi) is 5.90. The third-order valence-corrected chi connectivity index (χ3v) is 4.44. The summed E-state index contributed by atoms with van der Waals surface area (Å²) in [7, 11) is 0. The van der Waals surface area contributed by atoms with Crippen molar-refractivity contribution in [2.24, 2.45) is 0 Å². The molecule has 0 spiro atoms. The molecule has 9 heavy (non-hydrogen) atoms. The Morgan fingerprint density at radius 3 is 1.89 bits per heavy atom. The lowest BCUT2D eigenvalue weighted by molar-refractivity contribution is 0.186. The number of rotatable bonds is 3. The van der Waals surface area contributed by atoms with Crippen LogP contribution in [0.2, 0.25) is 0 Å². The van der Waals surface area contributed by atoms with Crippen molar-refractivity contribution < 1.29 is 5.11 Å². The molecule has 0 aromatic carbocycles. The largest absolute Gasteiger partial charge is 0.393 e. The van der Waals surface area contributed by atoms with Crippen molar-refractivity contribution in [2.75, 3.05) is 0 Å². The van der Waals surface area contributed by atoms with Gasteiger partial charge in [-0.25, -0.2) is 0 Å². The van der Waals surface area contributed by atoms with E-state index in [2.05, 4.69) is 47.8 Å². The number of halogens is 3. The van der Waals surface area contributed by atoms with E-state index in [4.69, 9.17) is 5.11 Å². The fourth-order valence-corrected chi connectivity index (χ4v) is 1.40. The van der Waals surface area contributed by atoms with Crippen molar-refractivity contribution in [2.45, 2.75) is 28.0 Å². The van der Waals surface area contributed by atoms with Gasteiger partial charge in [0.1, 0.15) is 0 Å². The maximum Gasteiger partial charge on any atom is 0.0823 e. The van der Waals surface area contributed by atoms with E-state index in [9.17, 15) is 0 Å². The van der Waals surface area contributed by atoms with E-state index in [1.165, 1.54) is 0 Å². The summed E-state index contributed by atoms with van der Waals surface area (Å²) >= 11 is 10.0. The van der Waals surface area contributed by atoms with Gasteiger partial charge in [0.05, 0.1) is 9.84 Å². The molecule has 0 saturated carbocycles. The predicted octanol–water partition coefficient (Wildman–Crippen LogP) is 2.64. The van der Waals surface area contributed by atoms with E-state index < -0.39 is 0 Å². The molecule has 1 nitrogen and oxygen atoms in total. The Bertz CT molecular complexity index is 74.6. The van der Waals surface area contributed by atoms with Crippen LogP contribution in [0.4, 0.5) is 0 Å². The van der Waals surface area contributed by atoms with E-state index in [1.54, 1.807) is 6.92 Å². The summed E-state index contributed by atoms with van der Waals surface area (Å²) in [6, 6.07) is 0. The standard InChI is InChI=1S/C5H9Br3O/c1-3(9)2-4(6)5(7)8/h3-5,9H,2H2,1H3. The van der Waals surface area contributed by atoms with E-state index in [-0.39, 0.29) is 14.7 Å². The molecule has 1 N–H and O–H groups in total. The van der Waals surface area contributed by atoms with Crippen LogP contribution in [0.1, 0.15) is 13.3 Å². The Hall–Kier alpha value is 1.40. The van der Waals surface area contributed by atoms with Gasteiger partial charge in [0, 0.05) is 4.83 Å². The van der Waals surface area contributed by atoms with Crippen LogP contribution in [-0.4, -0.2) is 19.8 Å². The molecule has 0 aliphatic heterocycles. The Labute approximate surface area is 80.6 Å². The monoisotopic (exact) mass is 322 g/mol. The second-order valence-corrected chi connectivity index (χ2v) is 6.31. The van der Waals surface area contributed by atoms with Crippen LogP contribution in [0.3, 0.4) is 0 Å². The summed E-state index contributed by atoms with van der Waals surface area (Å²) in [6.45, 7) is 1.77. The fourth-order valence-electron chi connectivity index (χ4n) is 0.429. The minimum absolute atomic E-state index is 0.236. The average molecular weight is 325 g/mol. The van der Waals surface area contributed by atoms with E-state index in [0.717, 1.165) is 6.42 Å². The van der Waals surface area contributed by atoms with Crippen molar-refractivity contribution in [3.63, 3.8) is 0 Å². The van der Waals surface area contributed by atoms with Gasteiger partial charge in [0.2, 0.25) is 0 Å². The Balaban J connectivity index is 3.38. The summed E-state index contributed by atoms with van der Waals surface area (Å²) in [5.74, 6) is 0. The molecule has 0 saturated heterocycles. The molecule has 0 bridgehead atoms. The third-order valence-electron chi connectivity index (χ3n) is 0.840. The molecule has 0 fully saturated rings. The number of aliphatic hydroxyl groups is 1. The first-order valence-electron chi connectivity index (χ1n) is 2.64. The molecule has 2 unspecified atom stereocenters. The van der Waals surface area contributed by atoms with Gasteiger partial charge in [-0.2, -0.15) is 0 Å². The number of alkyl halides is 3. The molecule has 0 aliphatic carbocycles. The lowest BCUT2D eigenvalue weighted by Gasteiger charge is -2.11. The van der Waals surface area contributed by atoms with Crippen LogP contribution in [0.5, 0.6) is 0 Å². The van der Waals surface area contributed by atoms with Gasteiger partial charge in [-0.3, -0.25) is 0 Å². The van der Waals surface area contributed by atoms with Crippen molar-refractivity contribution in [3.05, 3.63) is 0 Å². The minimum Gasteiger partial charge on any atom is -0.393 e. The van der Waals surface area contributed by atoms with Crippen LogP contribution >= 0.6 is 47.8 Å². The number of aliphatic hydroxyl groups excluding tert-OH is 1. The predicted molar refractivity (Wildman–Crippen MR) is 50.7 cm³/mol. The van der Waals surface area contributed by atoms with Gasteiger partial charge in [-0.1, -0.05) is 47.8 Å². The first kappa shape index (κ1) is 10.4. The van der Waals surface area contributed by atoms with Gasteiger partial charge in [-0.15, -0.1) is 0 Å². The summed E-state index contributed by atoms with van der Waals surface area (Å²) in [4.78, 5) is 0.289. The maximum atomic E-state index is 8.90. The zero-order valence-corrected chi connectivity index (χ0v) is 9.78. The van der Waals surface area contributed by atoms with Crippen LogP contribution in [0, 0.1) is 0 Å². The van der Waals surface area contributed by atoms with Crippen molar-refractivity contribution in [1.82, 2.24) is 0 Å². The lowest BCUT2D eigenvalue weighted by Crippen LogP contribution is -2.14. The van der Waals surface area contributed by atoms with Crippen LogP contribution in [0.15, 0.2) is 0 Å². The first-order valence-corrected chi connectivity index (χ1v) is 5.39. The van der Waals surface area contributed by atoms with Gasteiger partial charge >= 0.3 is 0 Å². The van der Waals surface area contributed by atoms with Gasteiger partial charge in [-0.05, 0) is 13.3 Å². The fraction of sp³-hybridized carbons (Fsp3) is 1.00. The van der Waals surface area contributed by atoms with Crippen molar-refractivity contribution in [1.29, 1.82) is 0 Å². The molecule has 0 aromatic heterocycles. The molecule has 0 aromatic rings. The summed E-state index contributed by atoms with van der Waals surface area (Å²) in [5, 5.41) is 8.90. The van der Waals surface area contributed by atoms with E-state index >= 15 is 0 Å². The number of hydrogen-bond acceptors (Lipinski definition) is 1. The molecule has 2 atom stereocenters. The lowest BCUT2D eigenvalue weighted by atomic mass is 10.2. The SMILES string of the molecule is CC(O)CC(Br)C(Br)Br. The molecular formula is C5H9Br3O. The van der Waals surface area contributed by atoms with Crippen LogP contribution < -0.4 is 0 Å². The highest BCUT2D eigenvalue weighted by atomic mass is 79.9. The highest BCUT2D eigenvalue weighted by Gasteiger charge is 2.13. The van der Waals surface area contributed by atoms with Crippen molar-refractivity contribution >= 4 is 47.8 Å². The average Bonchev–Trinajstić information content (AvgIpc) is 1.63. The van der Waals surface area contributed by atoms with E-state index in [0.29, 0.717) is 0 Å². The smallest absolute Gasteiger partial charge is 0.0823 e. The second-order valence-electron chi connectivity index (χ2n) is 1.94. The molecular weight excluding hydrogens is 316 g/mol. The normalized spacial score (nSPS) is 18.0. The Morgan fingerprint density at radius 2 is 1.78 bits per heavy atom. The second kappa shape index (κ2) is 5.10. The third kappa shape index (κ3) is 5.83. The molecule has 0 amide bonds. The number of hydrogen-bond donors (Lipinski definition) is 1. The maximum absolute atomic E-state index is 8.90. The Morgan fingerprint density at radius 1 is 1.33 bits per heavy atom. The highest BCUT2D eigenvalue weighted by molar-refractivity contribution is 9.25. The minimum atomic E-state index is -0.244. The summed E-state index contributed by atoms with van der Waals surface area (Å²) in [5.41, 5.74) is 0. The van der Waals surface area contributed by atoms with Gasteiger partial charge in [0.15, 0.2) is 0 Å². The summed E-state index contributed by atoms with van der Waals surface area (Å²) < 4.78 is 0.236. The first-order chi connectivity index (χ1) is 4.04. The molecule has 0 heterocycles. The molecule has 56 valence electrons. The topological polar surface area (TPSA) is 20.2 Å². The molecule has 4 heteroatoms. The molecule has 0 aliphatic rings. The molecule has 0 rings (SSSR count). The van der Waals surface area contributed by atoms with Gasteiger partial charge in [0.25, 0.3) is 0 Å². The zero-order valence-electron chi connectivity index (χ0n) is 5.02. The highest BCUT2D eigenvalue weighted by Crippen LogP contribution is 2.23. The van der Waals surface area contributed by atoms with Crippen LogP contribution in [0.25, 0.3) is 0 Å². The zero-order chi connectivity index (χ0) is 7.44. The van der Waals surface area contributed by atoms with Gasteiger partial charge < -0.3 is 5.11 Å². The van der Waals surface area contributed by atoms with Crippen LogP contribution in [-0.2, 0) is 0 Å². The quantitative estimate of drug-likeness (QED) is 0.791. The summed E-state index contributed by atoms with van der Waals surface area (Å²) in [6.07, 6.45) is 0.508. The van der Waals surface area contributed by atoms with Crippen molar-refractivity contribution in [3.8, 4) is 0 Å². The molecule has 0 radical (unpaired) electrons. The van der Waals surface area contributed by atoms with E-state index in [1.807, 2.05) is 0 Å².